The van der Waals surface area contributed by atoms with E-state index in [1.54, 1.807) is 0 Å². The minimum atomic E-state index is -4.35. The quantitative estimate of drug-likeness (QED) is 0.709. The molecule has 0 bridgehead atoms. The third-order valence-corrected chi connectivity index (χ3v) is 8.27. The fourth-order valence-electron chi connectivity index (χ4n) is 3.43. The van der Waals surface area contributed by atoms with Gasteiger partial charge in [-0.2, -0.15) is 17.5 Å². The largest absolute Gasteiger partial charge is 0.398 e. The Bertz CT molecular complexity index is 953. The SMILES string of the molecule is C=CS(=O)(=O)NC[C@H]1CCN(S(=O)(=O)c2ccc(C3(C(F)(F)F)CC3)cc2)C1. The summed E-state index contributed by atoms with van der Waals surface area (Å²) in [5.41, 5.74) is -1.77. The number of sulfonamides is 2. The average molecular weight is 438 g/mol. The first-order valence-corrected chi connectivity index (χ1v) is 11.7. The lowest BCUT2D eigenvalue weighted by Gasteiger charge is -2.21. The normalized spacial score (nSPS) is 22.9. The van der Waals surface area contributed by atoms with Crippen molar-refractivity contribution in [3.8, 4) is 0 Å². The summed E-state index contributed by atoms with van der Waals surface area (Å²) in [6, 6.07) is 4.90. The van der Waals surface area contributed by atoms with Crippen LogP contribution in [-0.4, -0.2) is 47.0 Å². The van der Waals surface area contributed by atoms with E-state index < -0.39 is 31.6 Å². The van der Waals surface area contributed by atoms with Crippen molar-refractivity contribution in [2.75, 3.05) is 19.6 Å². The highest BCUT2D eigenvalue weighted by Crippen LogP contribution is 2.58. The van der Waals surface area contributed by atoms with E-state index in [2.05, 4.69) is 11.3 Å². The van der Waals surface area contributed by atoms with Crippen LogP contribution in [-0.2, 0) is 25.5 Å². The number of alkyl halides is 3. The zero-order chi connectivity index (χ0) is 20.8. The lowest BCUT2D eigenvalue weighted by Crippen LogP contribution is -2.32. The van der Waals surface area contributed by atoms with E-state index in [0.717, 1.165) is 5.41 Å². The van der Waals surface area contributed by atoms with Gasteiger partial charge < -0.3 is 0 Å². The number of hydrogen-bond donors (Lipinski definition) is 1. The summed E-state index contributed by atoms with van der Waals surface area (Å²) in [6.45, 7) is 3.63. The van der Waals surface area contributed by atoms with Crippen LogP contribution in [0.4, 0.5) is 13.2 Å². The van der Waals surface area contributed by atoms with Crippen LogP contribution in [0.25, 0.3) is 0 Å². The molecule has 28 heavy (non-hydrogen) atoms. The molecule has 1 saturated heterocycles. The summed E-state index contributed by atoms with van der Waals surface area (Å²) in [5.74, 6) is -0.191. The lowest BCUT2D eigenvalue weighted by atomic mass is 9.95. The van der Waals surface area contributed by atoms with Gasteiger partial charge in [-0.15, -0.1) is 0 Å². The molecule has 1 heterocycles. The lowest BCUT2D eigenvalue weighted by molar-refractivity contribution is -0.160. The highest BCUT2D eigenvalue weighted by molar-refractivity contribution is 7.92. The van der Waals surface area contributed by atoms with E-state index >= 15 is 0 Å². The van der Waals surface area contributed by atoms with Gasteiger partial charge in [0.1, 0.15) is 0 Å². The molecule has 2 fully saturated rings. The third-order valence-electron chi connectivity index (χ3n) is 5.38. The maximum atomic E-state index is 13.2. The first kappa shape index (κ1) is 21.3. The maximum Gasteiger partial charge on any atom is 0.398 e. The van der Waals surface area contributed by atoms with Crippen LogP contribution in [0.5, 0.6) is 0 Å². The van der Waals surface area contributed by atoms with Gasteiger partial charge in [-0.25, -0.2) is 21.6 Å². The molecule has 3 rings (SSSR count). The molecule has 0 unspecified atom stereocenters. The van der Waals surface area contributed by atoms with E-state index in [-0.39, 0.29) is 48.9 Å². The zero-order valence-corrected chi connectivity index (χ0v) is 16.6. The molecular formula is C17H21F3N2O4S2. The van der Waals surface area contributed by atoms with Gasteiger partial charge in [-0.1, -0.05) is 18.7 Å². The molecule has 1 N–H and O–H groups in total. The minimum Gasteiger partial charge on any atom is -0.211 e. The van der Waals surface area contributed by atoms with E-state index in [1.165, 1.54) is 28.6 Å². The van der Waals surface area contributed by atoms with Crippen molar-refractivity contribution in [1.82, 2.24) is 9.03 Å². The molecule has 1 aliphatic carbocycles. The van der Waals surface area contributed by atoms with Gasteiger partial charge in [0.15, 0.2) is 0 Å². The fraction of sp³-hybridized carbons (Fsp3) is 0.529. The molecule has 0 amide bonds. The smallest absolute Gasteiger partial charge is 0.211 e. The Morgan fingerprint density at radius 1 is 1.18 bits per heavy atom. The molecule has 0 radical (unpaired) electrons. The standard InChI is InChI=1S/C17H21F3N2O4S2/c1-2-27(23,24)21-11-13-7-10-22(12-13)28(25,26)15-5-3-14(4-6-15)16(8-9-16)17(18,19)20/h2-6,13,21H,1,7-12H2/t13-/m1/s1. The van der Waals surface area contributed by atoms with E-state index in [0.29, 0.717) is 6.42 Å². The molecule has 1 aliphatic heterocycles. The second-order valence-corrected chi connectivity index (χ2v) is 10.8. The molecule has 156 valence electrons. The van der Waals surface area contributed by atoms with E-state index in [1.807, 2.05) is 0 Å². The van der Waals surface area contributed by atoms with Crippen molar-refractivity contribution in [1.29, 1.82) is 0 Å². The Morgan fingerprint density at radius 2 is 1.79 bits per heavy atom. The Hall–Kier alpha value is -1.43. The van der Waals surface area contributed by atoms with Gasteiger partial charge in [0.2, 0.25) is 20.0 Å². The van der Waals surface area contributed by atoms with Crippen molar-refractivity contribution < 1.29 is 30.0 Å². The Balaban J connectivity index is 1.69. The number of nitrogens with zero attached hydrogens (tertiary/aromatic N) is 1. The second-order valence-electron chi connectivity index (χ2n) is 7.18. The van der Waals surface area contributed by atoms with Crippen molar-refractivity contribution in [3.05, 3.63) is 41.8 Å². The third kappa shape index (κ3) is 3.98. The van der Waals surface area contributed by atoms with Crippen molar-refractivity contribution in [2.24, 2.45) is 5.92 Å². The number of nitrogens with one attached hydrogen (secondary N) is 1. The predicted octanol–water partition coefficient (Wildman–Crippen LogP) is 2.35. The number of benzene rings is 1. The van der Waals surface area contributed by atoms with Crippen LogP contribution < -0.4 is 4.72 Å². The maximum absolute atomic E-state index is 13.2. The summed E-state index contributed by atoms with van der Waals surface area (Å²) in [4.78, 5) is -0.0680. The molecule has 1 saturated carbocycles. The summed E-state index contributed by atoms with van der Waals surface area (Å²) in [5, 5.41) is 0.783. The highest BCUT2D eigenvalue weighted by atomic mass is 32.2. The van der Waals surface area contributed by atoms with E-state index in [9.17, 15) is 30.0 Å². The number of halogens is 3. The van der Waals surface area contributed by atoms with E-state index in [4.69, 9.17) is 0 Å². The second kappa shape index (κ2) is 7.12. The Morgan fingerprint density at radius 3 is 2.29 bits per heavy atom. The molecule has 1 aromatic carbocycles. The van der Waals surface area contributed by atoms with Gasteiger partial charge >= 0.3 is 6.18 Å². The summed E-state index contributed by atoms with van der Waals surface area (Å²) < 4.78 is 91.5. The van der Waals surface area contributed by atoms with Gasteiger partial charge in [0, 0.05) is 25.0 Å². The monoisotopic (exact) mass is 438 g/mol. The highest BCUT2D eigenvalue weighted by Gasteiger charge is 2.64. The van der Waals surface area contributed by atoms with Crippen LogP contribution in [0.15, 0.2) is 41.1 Å². The van der Waals surface area contributed by atoms with Crippen molar-refractivity contribution >= 4 is 20.0 Å². The van der Waals surface area contributed by atoms with Crippen molar-refractivity contribution in [2.45, 2.75) is 35.7 Å². The van der Waals surface area contributed by atoms with Gasteiger partial charge in [-0.3, -0.25) is 0 Å². The van der Waals surface area contributed by atoms with Crippen LogP contribution in [0, 0.1) is 5.92 Å². The van der Waals surface area contributed by atoms with Crippen molar-refractivity contribution in [3.63, 3.8) is 0 Å². The van der Waals surface area contributed by atoms with Crippen LogP contribution >= 0.6 is 0 Å². The number of rotatable bonds is 7. The van der Waals surface area contributed by atoms with Crippen LogP contribution in [0.1, 0.15) is 24.8 Å². The van der Waals surface area contributed by atoms with Gasteiger partial charge in [0.25, 0.3) is 0 Å². The summed E-state index contributed by atoms with van der Waals surface area (Å²) >= 11 is 0. The minimum absolute atomic E-state index is 0.0109. The molecule has 1 aromatic rings. The fourth-order valence-corrected chi connectivity index (χ4v) is 5.55. The number of hydrogen-bond acceptors (Lipinski definition) is 4. The average Bonchev–Trinajstić information content (AvgIpc) is 3.32. The first-order chi connectivity index (χ1) is 12.9. The van der Waals surface area contributed by atoms with Crippen LogP contribution in [0.2, 0.25) is 0 Å². The zero-order valence-electron chi connectivity index (χ0n) is 14.9. The molecular weight excluding hydrogens is 417 g/mol. The molecule has 6 nitrogen and oxygen atoms in total. The van der Waals surface area contributed by atoms with Gasteiger partial charge in [-0.05, 0) is 42.9 Å². The Kier molecular flexibility index (Phi) is 5.41. The summed E-state index contributed by atoms with van der Waals surface area (Å²) in [6.07, 6.45) is -3.85. The van der Waals surface area contributed by atoms with Crippen LogP contribution in [0.3, 0.4) is 0 Å². The van der Waals surface area contributed by atoms with Gasteiger partial charge in [0.05, 0.1) is 10.3 Å². The molecule has 0 aromatic heterocycles. The molecule has 1 atom stereocenters. The summed E-state index contributed by atoms with van der Waals surface area (Å²) in [7, 11) is -7.44. The molecule has 0 spiro atoms. The Labute approximate surface area is 162 Å². The predicted molar refractivity (Wildman–Crippen MR) is 97.4 cm³/mol. The molecule has 2 aliphatic rings. The topological polar surface area (TPSA) is 83.6 Å². The molecule has 11 heteroatoms. The first-order valence-electron chi connectivity index (χ1n) is 8.71.